The van der Waals surface area contributed by atoms with Crippen LogP contribution in [-0.4, -0.2) is 34.6 Å². The van der Waals surface area contributed by atoms with Gasteiger partial charge in [0.1, 0.15) is 11.4 Å². The Balaban J connectivity index is 2.06. The monoisotopic (exact) mass is 361 g/mol. The number of carbonyl (C=O) groups is 1. The van der Waals surface area contributed by atoms with E-state index < -0.39 is 35.8 Å². The zero-order valence-electron chi connectivity index (χ0n) is 16.3. The molecule has 1 aromatic heterocycles. The van der Waals surface area contributed by atoms with Crippen LogP contribution in [0.4, 0.5) is 9.18 Å². The standard InChI is InChI=1S/C19H25BFNO4/c1-17(2,3)24-16(23)22-9-8-13-14(10-12(21)11-15(13)22)20-25-18(4,5)19(6,7)26-20/h8-11H,1-7H3. The van der Waals surface area contributed by atoms with Gasteiger partial charge in [-0.1, -0.05) is 0 Å². The van der Waals surface area contributed by atoms with E-state index in [9.17, 15) is 9.18 Å². The molecule has 0 bridgehead atoms. The van der Waals surface area contributed by atoms with Crippen molar-refractivity contribution in [3.63, 3.8) is 0 Å². The first-order valence-corrected chi connectivity index (χ1v) is 8.70. The molecule has 1 aliphatic heterocycles. The van der Waals surface area contributed by atoms with Gasteiger partial charge < -0.3 is 14.0 Å². The van der Waals surface area contributed by atoms with Gasteiger partial charge in [-0.15, -0.1) is 0 Å². The van der Waals surface area contributed by atoms with Crippen molar-refractivity contribution in [3.05, 3.63) is 30.2 Å². The maximum Gasteiger partial charge on any atom is 0.495 e. The lowest BCUT2D eigenvalue weighted by molar-refractivity contribution is 0.00578. The quantitative estimate of drug-likeness (QED) is 0.724. The van der Waals surface area contributed by atoms with Crippen LogP contribution in [0.2, 0.25) is 0 Å². The Morgan fingerprint density at radius 3 is 2.27 bits per heavy atom. The second-order valence-electron chi connectivity index (χ2n) is 8.68. The Hall–Kier alpha value is -1.86. The van der Waals surface area contributed by atoms with Gasteiger partial charge >= 0.3 is 13.2 Å². The van der Waals surface area contributed by atoms with E-state index >= 15 is 0 Å². The SMILES string of the molecule is CC(C)(C)OC(=O)n1ccc2c(B3OC(C)(C)C(C)(C)O3)cc(F)cc21. The lowest BCUT2D eigenvalue weighted by Gasteiger charge is -2.32. The number of fused-ring (bicyclic) bond motifs is 1. The van der Waals surface area contributed by atoms with Gasteiger partial charge in [-0.3, -0.25) is 4.57 Å². The molecule has 0 N–H and O–H groups in total. The molecule has 1 aliphatic rings. The first kappa shape index (κ1) is 18.9. The second kappa shape index (κ2) is 5.82. The van der Waals surface area contributed by atoms with Crippen molar-refractivity contribution in [3.8, 4) is 0 Å². The molecule has 1 fully saturated rings. The summed E-state index contributed by atoms with van der Waals surface area (Å²) in [5, 5.41) is 0.691. The van der Waals surface area contributed by atoms with Gasteiger partial charge in [-0.05, 0) is 72.1 Å². The zero-order chi connectivity index (χ0) is 19.5. The molecule has 0 spiro atoms. The molecule has 1 saturated heterocycles. The maximum atomic E-state index is 14.3. The molecule has 0 radical (unpaired) electrons. The highest BCUT2D eigenvalue weighted by atomic mass is 19.1. The van der Waals surface area contributed by atoms with Crippen LogP contribution in [0.3, 0.4) is 0 Å². The van der Waals surface area contributed by atoms with E-state index in [-0.39, 0.29) is 0 Å². The Bertz CT molecular complexity index is 850. The van der Waals surface area contributed by atoms with Crippen LogP contribution in [0.25, 0.3) is 10.9 Å². The van der Waals surface area contributed by atoms with Crippen LogP contribution in [-0.2, 0) is 14.0 Å². The molecule has 7 heteroatoms. The fourth-order valence-electron chi connectivity index (χ4n) is 2.87. The number of aromatic nitrogens is 1. The highest BCUT2D eigenvalue weighted by Crippen LogP contribution is 2.37. The fourth-order valence-corrected chi connectivity index (χ4v) is 2.87. The number of carbonyl (C=O) groups excluding carboxylic acids is 1. The van der Waals surface area contributed by atoms with E-state index in [1.54, 1.807) is 33.0 Å². The third kappa shape index (κ3) is 3.26. The normalized spacial score (nSPS) is 19.2. The number of ether oxygens (including phenoxy) is 1. The van der Waals surface area contributed by atoms with Crippen LogP contribution in [0.1, 0.15) is 48.5 Å². The number of halogens is 1. The average molecular weight is 361 g/mol. The molecule has 2 heterocycles. The smallest absolute Gasteiger partial charge is 0.443 e. The molecule has 0 unspecified atom stereocenters. The van der Waals surface area contributed by atoms with Crippen LogP contribution in [0, 0.1) is 5.82 Å². The van der Waals surface area contributed by atoms with Crippen LogP contribution < -0.4 is 5.46 Å². The van der Waals surface area contributed by atoms with Crippen molar-refractivity contribution in [2.75, 3.05) is 0 Å². The summed E-state index contributed by atoms with van der Waals surface area (Å²) in [6.45, 7) is 13.1. The lowest BCUT2D eigenvalue weighted by atomic mass is 9.77. The average Bonchev–Trinajstić information content (AvgIpc) is 2.95. The highest BCUT2D eigenvalue weighted by Gasteiger charge is 2.52. The van der Waals surface area contributed by atoms with Gasteiger partial charge in [-0.2, -0.15) is 0 Å². The van der Waals surface area contributed by atoms with Gasteiger partial charge in [0.15, 0.2) is 0 Å². The summed E-state index contributed by atoms with van der Waals surface area (Å²) in [5.74, 6) is -0.467. The molecular formula is C19H25BFNO4. The van der Waals surface area contributed by atoms with E-state index in [1.165, 1.54) is 16.7 Å². The largest absolute Gasteiger partial charge is 0.495 e. The minimum Gasteiger partial charge on any atom is -0.443 e. The Morgan fingerprint density at radius 2 is 1.73 bits per heavy atom. The molecule has 26 heavy (non-hydrogen) atoms. The zero-order valence-corrected chi connectivity index (χ0v) is 16.3. The topological polar surface area (TPSA) is 49.7 Å². The summed E-state index contributed by atoms with van der Waals surface area (Å²) in [7, 11) is -0.715. The van der Waals surface area contributed by atoms with Crippen LogP contribution >= 0.6 is 0 Å². The molecule has 0 atom stereocenters. The van der Waals surface area contributed by atoms with E-state index in [4.69, 9.17) is 14.0 Å². The first-order valence-electron chi connectivity index (χ1n) is 8.70. The molecule has 2 aromatic rings. The van der Waals surface area contributed by atoms with E-state index in [0.29, 0.717) is 16.4 Å². The molecule has 5 nitrogen and oxygen atoms in total. The molecule has 140 valence electrons. The first-order chi connectivity index (χ1) is 11.8. The summed E-state index contributed by atoms with van der Waals surface area (Å²) < 4.78 is 33.1. The Morgan fingerprint density at radius 1 is 1.15 bits per heavy atom. The lowest BCUT2D eigenvalue weighted by Crippen LogP contribution is -2.41. The van der Waals surface area contributed by atoms with Crippen molar-refractivity contribution < 1.29 is 23.2 Å². The summed E-state index contributed by atoms with van der Waals surface area (Å²) >= 11 is 0. The summed E-state index contributed by atoms with van der Waals surface area (Å²) in [5.41, 5.74) is -0.742. The Kier molecular flexibility index (Phi) is 4.24. The minimum absolute atomic E-state index is 0.420. The van der Waals surface area contributed by atoms with Gasteiger partial charge in [0.05, 0.1) is 16.7 Å². The van der Waals surface area contributed by atoms with Crippen LogP contribution in [0.5, 0.6) is 0 Å². The molecule has 0 amide bonds. The summed E-state index contributed by atoms with van der Waals surface area (Å²) in [4.78, 5) is 12.4. The maximum absolute atomic E-state index is 14.3. The van der Waals surface area contributed by atoms with Crippen molar-refractivity contribution in [1.82, 2.24) is 4.57 Å². The van der Waals surface area contributed by atoms with Gasteiger partial charge in [0.25, 0.3) is 0 Å². The van der Waals surface area contributed by atoms with Crippen molar-refractivity contribution in [2.24, 2.45) is 0 Å². The van der Waals surface area contributed by atoms with Crippen molar-refractivity contribution >= 4 is 29.6 Å². The van der Waals surface area contributed by atoms with Gasteiger partial charge in [0.2, 0.25) is 0 Å². The number of hydrogen-bond donors (Lipinski definition) is 0. The van der Waals surface area contributed by atoms with Crippen LogP contribution in [0.15, 0.2) is 24.4 Å². The number of hydrogen-bond acceptors (Lipinski definition) is 4. The van der Waals surface area contributed by atoms with Gasteiger partial charge in [-0.25, -0.2) is 9.18 Å². The fraction of sp³-hybridized carbons (Fsp3) is 0.526. The second-order valence-corrected chi connectivity index (χ2v) is 8.68. The summed E-state index contributed by atoms with van der Waals surface area (Å²) in [6.07, 6.45) is 1.02. The molecule has 1 aromatic carbocycles. The van der Waals surface area contributed by atoms with Crippen molar-refractivity contribution in [1.29, 1.82) is 0 Å². The van der Waals surface area contributed by atoms with E-state index in [0.717, 1.165) is 0 Å². The predicted molar refractivity (Wildman–Crippen MR) is 99.2 cm³/mol. The molecule has 0 saturated carbocycles. The van der Waals surface area contributed by atoms with E-state index in [1.807, 2.05) is 27.7 Å². The third-order valence-electron chi connectivity index (χ3n) is 4.90. The predicted octanol–water partition coefficient (Wildman–Crippen LogP) is 3.86. The minimum atomic E-state index is -0.715. The molecule has 0 aliphatic carbocycles. The Labute approximate surface area is 153 Å². The number of rotatable bonds is 1. The van der Waals surface area contributed by atoms with Crippen molar-refractivity contribution in [2.45, 2.75) is 65.3 Å². The van der Waals surface area contributed by atoms with Gasteiger partial charge in [0, 0.05) is 11.6 Å². The number of nitrogens with zero attached hydrogens (tertiary/aromatic N) is 1. The third-order valence-corrected chi connectivity index (χ3v) is 4.90. The number of benzene rings is 1. The molecular weight excluding hydrogens is 336 g/mol. The highest BCUT2D eigenvalue weighted by molar-refractivity contribution is 6.65. The van der Waals surface area contributed by atoms with E-state index in [2.05, 4.69) is 0 Å². The summed E-state index contributed by atoms with van der Waals surface area (Å²) in [6, 6.07) is 4.46. The molecule has 3 rings (SSSR count).